The molecule has 2 aromatic heterocycles. The highest BCUT2D eigenvalue weighted by atomic mass is 32.2. The summed E-state index contributed by atoms with van der Waals surface area (Å²) in [5, 5.41) is 15.0. The van der Waals surface area contributed by atoms with Gasteiger partial charge in [-0.25, -0.2) is 13.4 Å². The predicted molar refractivity (Wildman–Crippen MR) is 124 cm³/mol. The van der Waals surface area contributed by atoms with E-state index in [2.05, 4.69) is 20.6 Å². The molecule has 4 rings (SSSR count). The monoisotopic (exact) mass is 469 g/mol. The summed E-state index contributed by atoms with van der Waals surface area (Å²) in [6.45, 7) is 0.504. The highest BCUT2D eigenvalue weighted by Crippen LogP contribution is 2.38. The Morgan fingerprint density at radius 1 is 1.21 bits per heavy atom. The number of carbonyl (C=O) groups is 2. The number of anilines is 3. The first-order valence-corrected chi connectivity index (χ1v) is 11.8. The van der Waals surface area contributed by atoms with Crippen molar-refractivity contribution in [1.29, 1.82) is 0 Å². The second-order valence-electron chi connectivity index (χ2n) is 7.56. The molecule has 0 aliphatic carbocycles. The van der Waals surface area contributed by atoms with Crippen molar-refractivity contribution in [2.24, 2.45) is 0 Å². The second-order valence-corrected chi connectivity index (χ2v) is 9.65. The van der Waals surface area contributed by atoms with Crippen molar-refractivity contribution in [1.82, 2.24) is 14.3 Å². The molecule has 1 aromatic carbocycles. The molecule has 1 aliphatic rings. The Bertz CT molecular complexity index is 1300. The third-order valence-corrected chi connectivity index (χ3v) is 6.89. The standard InChI is InChI=1S/C22H23N5O5S/c1-14(29)24-19-11-15(7-8-23-19)21-22(25-16-5-3-2-4-6-16)20-17(26-21)12-27(13-18(20)30)33(31,32)10-9-28/h2-8,11,25-26,28H,9-10,12-13H2,1H3,(H,23,24,29). The molecule has 0 radical (unpaired) electrons. The average Bonchev–Trinajstić information content (AvgIpc) is 3.13. The lowest BCUT2D eigenvalue weighted by molar-refractivity contribution is -0.114. The van der Waals surface area contributed by atoms with Gasteiger partial charge in [-0.15, -0.1) is 0 Å². The molecule has 0 unspecified atom stereocenters. The Kier molecular flexibility index (Phi) is 6.27. The number of H-pyrrole nitrogens is 1. The van der Waals surface area contributed by atoms with Gasteiger partial charge in [0.1, 0.15) is 5.82 Å². The van der Waals surface area contributed by atoms with E-state index in [0.29, 0.717) is 34.0 Å². The van der Waals surface area contributed by atoms with Crippen molar-refractivity contribution in [3.63, 3.8) is 0 Å². The zero-order valence-electron chi connectivity index (χ0n) is 17.8. The van der Waals surface area contributed by atoms with Gasteiger partial charge in [0, 0.05) is 30.1 Å². The number of carbonyl (C=O) groups excluding carboxylic acids is 2. The van der Waals surface area contributed by atoms with Crippen LogP contribution in [0.1, 0.15) is 23.0 Å². The molecule has 1 amide bonds. The van der Waals surface area contributed by atoms with Crippen molar-refractivity contribution in [3.05, 3.63) is 59.9 Å². The highest BCUT2D eigenvalue weighted by molar-refractivity contribution is 7.89. The Morgan fingerprint density at radius 3 is 2.67 bits per heavy atom. The summed E-state index contributed by atoms with van der Waals surface area (Å²) < 4.78 is 26.0. The number of hydrogen-bond acceptors (Lipinski definition) is 7. The summed E-state index contributed by atoms with van der Waals surface area (Å²) in [5.74, 6) is -0.748. The smallest absolute Gasteiger partial charge is 0.222 e. The van der Waals surface area contributed by atoms with Gasteiger partial charge in [-0.3, -0.25) is 9.59 Å². The molecule has 1 aliphatic heterocycles. The van der Waals surface area contributed by atoms with Crippen LogP contribution in [0.3, 0.4) is 0 Å². The molecule has 33 heavy (non-hydrogen) atoms. The molecule has 0 spiro atoms. The molecule has 10 nitrogen and oxygen atoms in total. The number of aliphatic hydroxyl groups is 1. The normalized spacial score (nSPS) is 14.1. The fourth-order valence-corrected chi connectivity index (χ4v) is 4.86. The molecule has 0 atom stereocenters. The van der Waals surface area contributed by atoms with E-state index >= 15 is 0 Å². The molecule has 3 heterocycles. The average molecular weight is 470 g/mol. The minimum atomic E-state index is -3.79. The van der Waals surface area contributed by atoms with Crippen LogP contribution in [0.25, 0.3) is 11.3 Å². The van der Waals surface area contributed by atoms with Gasteiger partial charge < -0.3 is 20.7 Å². The van der Waals surface area contributed by atoms with Gasteiger partial charge in [-0.1, -0.05) is 18.2 Å². The Labute approximate surface area is 190 Å². The first-order valence-electron chi connectivity index (χ1n) is 10.2. The van der Waals surface area contributed by atoms with Crippen molar-refractivity contribution in [2.75, 3.05) is 29.5 Å². The molecule has 0 saturated carbocycles. The van der Waals surface area contributed by atoms with Crippen LogP contribution in [0, 0.1) is 0 Å². The number of nitrogens with one attached hydrogen (secondary N) is 3. The zero-order valence-corrected chi connectivity index (χ0v) is 18.6. The third-order valence-electron chi connectivity index (χ3n) is 5.15. The van der Waals surface area contributed by atoms with Crippen LogP contribution in [-0.2, 0) is 21.4 Å². The van der Waals surface area contributed by atoms with Gasteiger partial charge in [0.15, 0.2) is 5.78 Å². The number of aliphatic hydroxyl groups excluding tert-OH is 1. The SMILES string of the molecule is CC(=O)Nc1cc(-c2[nH]c3c(c2Nc2ccccc2)C(=O)CN(S(=O)(=O)CCO)C3)ccn1. The number of fused-ring (bicyclic) bond motifs is 1. The summed E-state index contributed by atoms with van der Waals surface area (Å²) in [7, 11) is -3.79. The maximum Gasteiger partial charge on any atom is 0.222 e. The number of nitrogens with zero attached hydrogens (tertiary/aromatic N) is 2. The lowest BCUT2D eigenvalue weighted by Gasteiger charge is -2.25. The quantitative estimate of drug-likeness (QED) is 0.415. The van der Waals surface area contributed by atoms with Crippen molar-refractivity contribution < 1.29 is 23.1 Å². The summed E-state index contributed by atoms with van der Waals surface area (Å²) in [6.07, 6.45) is 1.53. The van der Waals surface area contributed by atoms with E-state index in [1.807, 2.05) is 30.3 Å². The summed E-state index contributed by atoms with van der Waals surface area (Å²) in [4.78, 5) is 31.9. The van der Waals surface area contributed by atoms with Crippen LogP contribution in [-0.4, -0.2) is 58.4 Å². The van der Waals surface area contributed by atoms with Crippen LogP contribution < -0.4 is 10.6 Å². The van der Waals surface area contributed by atoms with Gasteiger partial charge in [-0.05, 0) is 24.3 Å². The van der Waals surface area contributed by atoms with Gasteiger partial charge >= 0.3 is 0 Å². The van der Waals surface area contributed by atoms with E-state index in [9.17, 15) is 18.0 Å². The number of Topliss-reactive ketones (excluding diaryl/α,β-unsaturated/α-hetero) is 1. The minimum absolute atomic E-state index is 0.0312. The van der Waals surface area contributed by atoms with Crippen LogP contribution in [0.4, 0.5) is 17.2 Å². The lowest BCUT2D eigenvalue weighted by atomic mass is 10.0. The third kappa shape index (κ3) is 4.80. The molecule has 3 aromatic rings. The van der Waals surface area contributed by atoms with Gasteiger partial charge in [-0.2, -0.15) is 4.31 Å². The molecule has 172 valence electrons. The maximum absolute atomic E-state index is 13.1. The molecule has 0 saturated heterocycles. The summed E-state index contributed by atoms with van der Waals surface area (Å²) in [6, 6.07) is 12.7. The van der Waals surface area contributed by atoms with Crippen molar-refractivity contribution in [2.45, 2.75) is 13.5 Å². The number of sulfonamides is 1. The Balaban J connectivity index is 1.82. The fourth-order valence-electron chi connectivity index (χ4n) is 3.73. The number of ketones is 1. The van der Waals surface area contributed by atoms with Crippen LogP contribution in [0.5, 0.6) is 0 Å². The van der Waals surface area contributed by atoms with E-state index in [1.54, 1.807) is 12.1 Å². The first kappa shape index (κ1) is 22.6. The molecule has 4 N–H and O–H groups in total. The summed E-state index contributed by atoms with van der Waals surface area (Å²) in [5.41, 5.74) is 3.30. The Hall–Kier alpha value is -3.54. The highest BCUT2D eigenvalue weighted by Gasteiger charge is 2.35. The van der Waals surface area contributed by atoms with Gasteiger partial charge in [0.2, 0.25) is 15.9 Å². The number of rotatable bonds is 7. The minimum Gasteiger partial charge on any atom is -0.395 e. The molecule has 0 bridgehead atoms. The van der Waals surface area contributed by atoms with E-state index in [4.69, 9.17) is 5.11 Å². The topological polar surface area (TPSA) is 144 Å². The van der Waals surface area contributed by atoms with Gasteiger partial charge in [0.25, 0.3) is 0 Å². The molecule has 0 fully saturated rings. The zero-order chi connectivity index (χ0) is 23.6. The van der Waals surface area contributed by atoms with Crippen LogP contribution in [0.15, 0.2) is 48.7 Å². The largest absolute Gasteiger partial charge is 0.395 e. The van der Waals surface area contributed by atoms with E-state index in [0.717, 1.165) is 9.99 Å². The van der Waals surface area contributed by atoms with E-state index < -0.39 is 22.4 Å². The van der Waals surface area contributed by atoms with Crippen molar-refractivity contribution >= 4 is 38.9 Å². The second kappa shape index (κ2) is 9.14. The lowest BCUT2D eigenvalue weighted by Crippen LogP contribution is -2.41. The number of aromatic nitrogens is 2. The Morgan fingerprint density at radius 2 is 1.97 bits per heavy atom. The number of amides is 1. The maximum atomic E-state index is 13.1. The molecule has 11 heteroatoms. The van der Waals surface area contributed by atoms with Crippen LogP contribution in [0.2, 0.25) is 0 Å². The van der Waals surface area contributed by atoms with E-state index in [-0.39, 0.29) is 24.8 Å². The number of hydrogen-bond donors (Lipinski definition) is 4. The van der Waals surface area contributed by atoms with E-state index in [1.165, 1.54) is 13.1 Å². The predicted octanol–water partition coefficient (Wildman–Crippen LogP) is 2.10. The van der Waals surface area contributed by atoms with Crippen LogP contribution >= 0.6 is 0 Å². The first-order chi connectivity index (χ1) is 15.8. The van der Waals surface area contributed by atoms with Crippen molar-refractivity contribution in [3.8, 4) is 11.3 Å². The number of para-hydroxylation sites is 1. The number of aromatic amines is 1. The van der Waals surface area contributed by atoms with Gasteiger partial charge in [0.05, 0.1) is 42.4 Å². The molecular formula is C22H23N5O5S. The number of benzene rings is 1. The summed E-state index contributed by atoms with van der Waals surface area (Å²) >= 11 is 0. The number of pyridine rings is 1. The fraction of sp³-hybridized carbons (Fsp3) is 0.227. The molecular weight excluding hydrogens is 446 g/mol.